The maximum atomic E-state index is 2.41. The maximum absolute atomic E-state index is 2.41. The molecular formula is C48H32N2S. The SMILES string of the molecule is c1ccc(-c2ccc(N(c3ccccc3)c3cc(-c4ccc5c6ccccc6n(-c6ccccc6)c5c4)c4sc5ccccc5c4c3)cc2)cc1. The van der Waals surface area contributed by atoms with E-state index in [0.717, 1.165) is 22.7 Å². The molecule has 2 heterocycles. The molecule has 0 unspecified atom stereocenters. The van der Waals surface area contributed by atoms with E-state index in [4.69, 9.17) is 0 Å². The van der Waals surface area contributed by atoms with Crippen molar-refractivity contribution >= 4 is 70.4 Å². The summed E-state index contributed by atoms with van der Waals surface area (Å²) in [7, 11) is 0. The Balaban J connectivity index is 1.22. The van der Waals surface area contributed by atoms with Gasteiger partial charge < -0.3 is 9.47 Å². The zero-order valence-electron chi connectivity index (χ0n) is 27.8. The van der Waals surface area contributed by atoms with Gasteiger partial charge in [-0.15, -0.1) is 11.3 Å². The molecule has 0 saturated carbocycles. The van der Waals surface area contributed by atoms with Crippen molar-refractivity contribution in [2.45, 2.75) is 0 Å². The normalized spacial score (nSPS) is 11.5. The highest BCUT2D eigenvalue weighted by Crippen LogP contribution is 2.46. The second-order valence-corrected chi connectivity index (χ2v) is 14.0. The molecule has 2 aromatic heterocycles. The third-order valence-corrected chi connectivity index (χ3v) is 11.2. The smallest absolute Gasteiger partial charge is 0.0547 e. The van der Waals surface area contributed by atoms with Crippen LogP contribution in [0.5, 0.6) is 0 Å². The minimum atomic E-state index is 1.12. The lowest BCUT2D eigenvalue weighted by Gasteiger charge is -2.26. The van der Waals surface area contributed by atoms with Gasteiger partial charge in [0.05, 0.1) is 11.0 Å². The molecule has 3 heteroatoms. The summed E-state index contributed by atoms with van der Waals surface area (Å²) < 4.78 is 5.00. The van der Waals surface area contributed by atoms with Crippen molar-refractivity contribution in [3.05, 3.63) is 194 Å². The highest BCUT2D eigenvalue weighted by atomic mass is 32.1. The second kappa shape index (κ2) is 12.2. The first-order chi connectivity index (χ1) is 25.3. The minimum absolute atomic E-state index is 1.12. The molecule has 51 heavy (non-hydrogen) atoms. The summed E-state index contributed by atoms with van der Waals surface area (Å²) >= 11 is 1.88. The summed E-state index contributed by atoms with van der Waals surface area (Å²) in [6.45, 7) is 0. The minimum Gasteiger partial charge on any atom is -0.310 e. The van der Waals surface area contributed by atoms with Crippen LogP contribution in [0.2, 0.25) is 0 Å². The molecule has 10 aromatic rings. The first-order valence-corrected chi connectivity index (χ1v) is 18.2. The third kappa shape index (κ3) is 5.01. The van der Waals surface area contributed by atoms with Crippen LogP contribution in [-0.2, 0) is 0 Å². The van der Waals surface area contributed by atoms with E-state index in [-0.39, 0.29) is 0 Å². The molecule has 0 aliphatic rings. The van der Waals surface area contributed by atoms with Crippen LogP contribution in [0.25, 0.3) is 69.9 Å². The van der Waals surface area contributed by atoms with Crippen molar-refractivity contribution in [3.63, 3.8) is 0 Å². The lowest BCUT2D eigenvalue weighted by Crippen LogP contribution is -2.10. The Morgan fingerprint density at radius 2 is 0.961 bits per heavy atom. The summed E-state index contributed by atoms with van der Waals surface area (Å²) in [6, 6.07) is 70.4. The molecule has 0 N–H and O–H groups in total. The average molecular weight is 669 g/mol. The van der Waals surface area contributed by atoms with Crippen LogP contribution in [-0.4, -0.2) is 4.57 Å². The molecule has 0 aliphatic carbocycles. The molecule has 8 aromatic carbocycles. The monoisotopic (exact) mass is 668 g/mol. The number of para-hydroxylation sites is 3. The number of benzene rings is 8. The number of aromatic nitrogens is 1. The van der Waals surface area contributed by atoms with Crippen LogP contribution in [0.15, 0.2) is 194 Å². The Hall–Kier alpha value is -6.42. The van der Waals surface area contributed by atoms with Gasteiger partial charge >= 0.3 is 0 Å². The molecule has 240 valence electrons. The Morgan fingerprint density at radius 3 is 1.75 bits per heavy atom. The molecule has 0 bridgehead atoms. The van der Waals surface area contributed by atoms with Gasteiger partial charge in [-0.25, -0.2) is 0 Å². The lowest BCUT2D eigenvalue weighted by atomic mass is 9.99. The van der Waals surface area contributed by atoms with Crippen molar-refractivity contribution in [2.75, 3.05) is 4.90 Å². The molecule has 10 rings (SSSR count). The van der Waals surface area contributed by atoms with Crippen molar-refractivity contribution in [1.29, 1.82) is 0 Å². The second-order valence-electron chi connectivity index (χ2n) is 13.0. The molecule has 0 aliphatic heterocycles. The molecule has 0 radical (unpaired) electrons. The third-order valence-electron chi connectivity index (χ3n) is 9.97. The van der Waals surface area contributed by atoms with Gasteiger partial charge in [-0.05, 0) is 83.4 Å². The zero-order valence-corrected chi connectivity index (χ0v) is 28.6. The van der Waals surface area contributed by atoms with E-state index in [2.05, 4.69) is 204 Å². The Kier molecular flexibility index (Phi) is 7.04. The lowest BCUT2D eigenvalue weighted by molar-refractivity contribution is 1.18. The molecule has 0 atom stereocenters. The van der Waals surface area contributed by atoms with Gasteiger partial charge in [0.2, 0.25) is 0 Å². The zero-order chi connectivity index (χ0) is 33.7. The summed E-state index contributed by atoms with van der Waals surface area (Å²) in [4.78, 5) is 2.39. The largest absolute Gasteiger partial charge is 0.310 e. The fourth-order valence-electron chi connectivity index (χ4n) is 7.61. The predicted octanol–water partition coefficient (Wildman–Crippen LogP) is 14.0. The fourth-order valence-corrected chi connectivity index (χ4v) is 8.83. The van der Waals surface area contributed by atoms with Gasteiger partial charge in [0.25, 0.3) is 0 Å². The highest BCUT2D eigenvalue weighted by Gasteiger charge is 2.20. The van der Waals surface area contributed by atoms with Crippen LogP contribution < -0.4 is 4.90 Å². The molecule has 0 saturated heterocycles. The molecular weight excluding hydrogens is 637 g/mol. The first kappa shape index (κ1) is 29.5. The maximum Gasteiger partial charge on any atom is 0.0547 e. The Labute approximate surface area is 300 Å². The van der Waals surface area contributed by atoms with Gasteiger partial charge in [-0.3, -0.25) is 0 Å². The summed E-state index contributed by atoms with van der Waals surface area (Å²) in [5.74, 6) is 0. The van der Waals surface area contributed by atoms with E-state index in [1.165, 1.54) is 64.2 Å². The van der Waals surface area contributed by atoms with E-state index in [1.807, 2.05) is 11.3 Å². The van der Waals surface area contributed by atoms with Crippen LogP contribution >= 0.6 is 11.3 Å². The van der Waals surface area contributed by atoms with Crippen LogP contribution in [0.1, 0.15) is 0 Å². The quantitative estimate of drug-likeness (QED) is 0.171. The van der Waals surface area contributed by atoms with Gasteiger partial charge in [-0.1, -0.05) is 127 Å². The summed E-state index contributed by atoms with van der Waals surface area (Å²) in [5.41, 5.74) is 11.8. The topological polar surface area (TPSA) is 8.17 Å². The number of thiophene rings is 1. The van der Waals surface area contributed by atoms with Crippen molar-refractivity contribution in [1.82, 2.24) is 4.57 Å². The van der Waals surface area contributed by atoms with Gasteiger partial charge in [-0.2, -0.15) is 0 Å². The predicted molar refractivity (Wildman–Crippen MR) is 219 cm³/mol. The van der Waals surface area contributed by atoms with E-state index in [9.17, 15) is 0 Å². The van der Waals surface area contributed by atoms with Crippen LogP contribution in [0.4, 0.5) is 17.1 Å². The van der Waals surface area contributed by atoms with E-state index < -0.39 is 0 Å². The van der Waals surface area contributed by atoms with Gasteiger partial charge in [0.1, 0.15) is 0 Å². The van der Waals surface area contributed by atoms with Gasteiger partial charge in [0, 0.05) is 59.3 Å². The number of rotatable bonds is 6. The number of nitrogens with zero attached hydrogens (tertiary/aromatic N) is 2. The summed E-state index contributed by atoms with van der Waals surface area (Å²) in [6.07, 6.45) is 0. The molecule has 0 amide bonds. The number of hydrogen-bond donors (Lipinski definition) is 0. The Bertz CT molecular complexity index is 2830. The highest BCUT2D eigenvalue weighted by molar-refractivity contribution is 7.26. The van der Waals surface area contributed by atoms with Crippen LogP contribution in [0, 0.1) is 0 Å². The number of fused-ring (bicyclic) bond motifs is 6. The standard InChI is InChI=1S/C48H32N2S/c1-4-14-33(15-5-1)34-24-27-38(28-25-34)49(36-16-6-2-7-17-36)39-31-43(48-44(32-39)42-21-11-13-23-47(42)51-48)35-26-29-41-40-20-10-12-22-45(40)50(46(41)30-35)37-18-8-3-9-19-37/h1-32H. The van der Waals surface area contributed by atoms with Gasteiger partial charge in [0.15, 0.2) is 0 Å². The molecule has 0 fully saturated rings. The van der Waals surface area contributed by atoms with E-state index in [0.29, 0.717) is 0 Å². The molecule has 0 spiro atoms. The van der Waals surface area contributed by atoms with Crippen molar-refractivity contribution < 1.29 is 0 Å². The number of anilines is 3. The van der Waals surface area contributed by atoms with E-state index in [1.54, 1.807) is 0 Å². The average Bonchev–Trinajstić information content (AvgIpc) is 3.75. The van der Waals surface area contributed by atoms with Crippen molar-refractivity contribution in [3.8, 4) is 27.9 Å². The fraction of sp³-hybridized carbons (Fsp3) is 0. The van der Waals surface area contributed by atoms with Crippen LogP contribution in [0.3, 0.4) is 0 Å². The summed E-state index contributed by atoms with van der Waals surface area (Å²) in [5, 5.41) is 5.07. The first-order valence-electron chi connectivity index (χ1n) is 17.4. The number of hydrogen-bond acceptors (Lipinski definition) is 2. The van der Waals surface area contributed by atoms with Crippen molar-refractivity contribution in [2.24, 2.45) is 0 Å². The Morgan fingerprint density at radius 1 is 0.373 bits per heavy atom. The van der Waals surface area contributed by atoms with E-state index >= 15 is 0 Å². The molecule has 2 nitrogen and oxygen atoms in total.